The monoisotopic (exact) mass is 320 g/mol. The van der Waals surface area contributed by atoms with E-state index in [1.807, 2.05) is 12.1 Å². The number of nitrogens with zero attached hydrogens (tertiary/aromatic N) is 2. The Morgan fingerprint density at radius 3 is 2.45 bits per heavy atom. The molecule has 0 radical (unpaired) electrons. The van der Waals surface area contributed by atoms with Crippen molar-refractivity contribution in [2.75, 3.05) is 17.2 Å². The van der Waals surface area contributed by atoms with Crippen molar-refractivity contribution < 1.29 is 13.2 Å². The third kappa shape index (κ3) is 4.08. The molecule has 0 aliphatic heterocycles. The number of rotatable bonds is 6. The molecule has 2 rings (SSSR count). The van der Waals surface area contributed by atoms with Gasteiger partial charge in [0.05, 0.1) is 17.7 Å². The molecule has 1 aromatic rings. The van der Waals surface area contributed by atoms with E-state index in [0.717, 1.165) is 12.8 Å². The van der Waals surface area contributed by atoms with Crippen molar-refractivity contribution in [3.8, 4) is 6.07 Å². The number of hydrogen-bond acceptors (Lipinski definition) is 4. The summed E-state index contributed by atoms with van der Waals surface area (Å²) in [7, 11) is -3.41. The molecule has 1 aromatic carbocycles. The van der Waals surface area contributed by atoms with Crippen LogP contribution in [-0.4, -0.2) is 31.9 Å². The van der Waals surface area contributed by atoms with Crippen molar-refractivity contribution in [3.05, 3.63) is 30.3 Å². The van der Waals surface area contributed by atoms with Crippen molar-refractivity contribution in [2.24, 2.45) is 0 Å². The maximum Gasteiger partial charge on any atom is 0.242 e. The molecule has 1 fully saturated rings. The van der Waals surface area contributed by atoms with Crippen LogP contribution in [0.25, 0.3) is 0 Å². The number of carbonyl (C=O) groups is 1. The molecule has 0 spiro atoms. The summed E-state index contributed by atoms with van der Waals surface area (Å²) in [5, 5.41) is 8.36. The largest absolute Gasteiger partial charge is 0.311 e. The van der Waals surface area contributed by atoms with Crippen LogP contribution in [-0.2, 0) is 14.6 Å². The van der Waals surface area contributed by atoms with Gasteiger partial charge in [-0.3, -0.25) is 4.79 Å². The zero-order valence-electron chi connectivity index (χ0n) is 12.4. The minimum absolute atomic E-state index is 0.171. The fourth-order valence-electron chi connectivity index (χ4n) is 2.78. The van der Waals surface area contributed by atoms with Crippen LogP contribution in [0.3, 0.4) is 0 Å². The molecule has 6 heteroatoms. The molecule has 118 valence electrons. The molecule has 0 unspecified atom stereocenters. The van der Waals surface area contributed by atoms with E-state index in [1.54, 1.807) is 24.3 Å². The first kappa shape index (κ1) is 16.5. The van der Waals surface area contributed by atoms with Crippen LogP contribution in [0.15, 0.2) is 30.3 Å². The summed E-state index contributed by atoms with van der Waals surface area (Å²) in [6.45, 7) is 0.208. The average molecular weight is 320 g/mol. The maximum absolute atomic E-state index is 12.5. The van der Waals surface area contributed by atoms with Crippen LogP contribution in [0.5, 0.6) is 0 Å². The van der Waals surface area contributed by atoms with Gasteiger partial charge in [0.15, 0.2) is 9.84 Å². The van der Waals surface area contributed by atoms with Crippen molar-refractivity contribution in [2.45, 2.75) is 37.4 Å². The predicted octanol–water partition coefficient (Wildman–Crippen LogP) is 2.29. The van der Waals surface area contributed by atoms with E-state index in [-0.39, 0.29) is 18.2 Å². The number of amides is 1. The van der Waals surface area contributed by atoms with E-state index < -0.39 is 21.5 Å². The van der Waals surface area contributed by atoms with Gasteiger partial charge in [0.1, 0.15) is 5.75 Å². The Morgan fingerprint density at radius 1 is 1.23 bits per heavy atom. The van der Waals surface area contributed by atoms with Crippen LogP contribution in [0.4, 0.5) is 5.69 Å². The first-order valence-corrected chi connectivity index (χ1v) is 9.20. The van der Waals surface area contributed by atoms with Gasteiger partial charge in [-0.1, -0.05) is 31.0 Å². The minimum atomic E-state index is -3.41. The van der Waals surface area contributed by atoms with Crippen LogP contribution in [0.1, 0.15) is 32.1 Å². The smallest absolute Gasteiger partial charge is 0.242 e. The fraction of sp³-hybridized carbons (Fsp3) is 0.500. The summed E-state index contributed by atoms with van der Waals surface area (Å²) >= 11 is 0. The number of hydrogen-bond donors (Lipinski definition) is 0. The molecule has 0 aromatic heterocycles. The highest BCUT2D eigenvalue weighted by Crippen LogP contribution is 2.26. The molecular formula is C16H20N2O3S. The number of nitriles is 1. The second-order valence-corrected chi connectivity index (χ2v) is 7.78. The van der Waals surface area contributed by atoms with E-state index in [2.05, 4.69) is 0 Å². The van der Waals surface area contributed by atoms with Crippen LogP contribution < -0.4 is 4.90 Å². The summed E-state index contributed by atoms with van der Waals surface area (Å²) in [4.78, 5) is 13.9. The summed E-state index contributed by atoms with van der Waals surface area (Å²) in [6, 6.07) is 10.9. The zero-order valence-corrected chi connectivity index (χ0v) is 13.3. The highest BCUT2D eigenvalue weighted by Gasteiger charge is 2.32. The second-order valence-electron chi connectivity index (χ2n) is 5.50. The van der Waals surface area contributed by atoms with E-state index in [4.69, 9.17) is 5.26 Å². The van der Waals surface area contributed by atoms with Crippen molar-refractivity contribution >= 4 is 21.4 Å². The highest BCUT2D eigenvalue weighted by molar-refractivity contribution is 7.92. The van der Waals surface area contributed by atoms with Crippen molar-refractivity contribution in [3.63, 3.8) is 0 Å². The standard InChI is InChI=1S/C16H20N2O3S/c17-11-6-12-18(14-7-2-1-3-8-14)16(19)13-22(20,21)15-9-4-5-10-15/h1-3,7-8,15H,4-6,9-10,12-13H2. The van der Waals surface area contributed by atoms with E-state index in [1.165, 1.54) is 4.90 Å². The number of carbonyl (C=O) groups excluding carboxylic acids is 1. The Labute approximate surface area is 131 Å². The normalized spacial score (nSPS) is 15.4. The Bertz CT molecular complexity index is 644. The molecule has 22 heavy (non-hydrogen) atoms. The number of anilines is 1. The summed E-state index contributed by atoms with van der Waals surface area (Å²) in [6.07, 6.45) is 3.30. The zero-order chi connectivity index (χ0) is 16.0. The number of benzene rings is 1. The first-order chi connectivity index (χ1) is 10.5. The van der Waals surface area contributed by atoms with E-state index in [0.29, 0.717) is 18.5 Å². The molecule has 0 atom stereocenters. The van der Waals surface area contributed by atoms with Gasteiger partial charge >= 0.3 is 0 Å². The first-order valence-electron chi connectivity index (χ1n) is 7.48. The minimum Gasteiger partial charge on any atom is -0.311 e. The van der Waals surface area contributed by atoms with Gasteiger partial charge in [-0.2, -0.15) is 5.26 Å². The van der Waals surface area contributed by atoms with Crippen molar-refractivity contribution in [1.82, 2.24) is 0 Å². The van der Waals surface area contributed by atoms with E-state index in [9.17, 15) is 13.2 Å². The SMILES string of the molecule is N#CCCN(C(=O)CS(=O)(=O)C1CCCC1)c1ccccc1. The molecule has 0 bridgehead atoms. The van der Waals surface area contributed by atoms with Crippen molar-refractivity contribution in [1.29, 1.82) is 5.26 Å². The lowest BCUT2D eigenvalue weighted by atomic mass is 10.2. The van der Waals surface area contributed by atoms with Gasteiger partial charge in [-0.15, -0.1) is 0 Å². The van der Waals surface area contributed by atoms with Crippen LogP contribution >= 0.6 is 0 Å². The summed E-state index contributed by atoms with van der Waals surface area (Å²) in [5.41, 5.74) is 0.629. The predicted molar refractivity (Wildman–Crippen MR) is 85.1 cm³/mol. The van der Waals surface area contributed by atoms with Gasteiger partial charge in [0, 0.05) is 12.2 Å². The third-order valence-corrected chi connectivity index (χ3v) is 6.09. The third-order valence-electron chi connectivity index (χ3n) is 3.95. The molecule has 0 N–H and O–H groups in total. The molecule has 0 saturated heterocycles. The molecule has 1 saturated carbocycles. The summed E-state index contributed by atoms with van der Waals surface area (Å²) in [5.74, 6) is -0.925. The second kappa shape index (κ2) is 7.41. The fourth-order valence-corrected chi connectivity index (χ4v) is 4.57. The van der Waals surface area contributed by atoms with Gasteiger partial charge in [-0.25, -0.2) is 8.42 Å². The maximum atomic E-state index is 12.5. The molecular weight excluding hydrogens is 300 g/mol. The Morgan fingerprint density at radius 2 is 1.86 bits per heavy atom. The van der Waals surface area contributed by atoms with Gasteiger partial charge in [-0.05, 0) is 25.0 Å². The topological polar surface area (TPSA) is 78.2 Å². The van der Waals surface area contributed by atoms with Crippen LogP contribution in [0.2, 0.25) is 0 Å². The lowest BCUT2D eigenvalue weighted by Crippen LogP contribution is -2.38. The van der Waals surface area contributed by atoms with E-state index >= 15 is 0 Å². The van der Waals surface area contributed by atoms with Gasteiger partial charge in [0.2, 0.25) is 5.91 Å². The number of sulfone groups is 1. The highest BCUT2D eigenvalue weighted by atomic mass is 32.2. The molecule has 0 heterocycles. The van der Waals surface area contributed by atoms with Gasteiger partial charge in [0.25, 0.3) is 0 Å². The Kier molecular flexibility index (Phi) is 5.56. The number of para-hydroxylation sites is 1. The average Bonchev–Trinajstić information content (AvgIpc) is 3.03. The Hall–Kier alpha value is -1.87. The van der Waals surface area contributed by atoms with Crippen LogP contribution in [0, 0.1) is 11.3 Å². The Balaban J connectivity index is 2.13. The lowest BCUT2D eigenvalue weighted by molar-refractivity contribution is -0.116. The molecule has 1 amide bonds. The van der Waals surface area contributed by atoms with Gasteiger partial charge < -0.3 is 4.90 Å². The molecule has 5 nitrogen and oxygen atoms in total. The quantitative estimate of drug-likeness (QED) is 0.805. The summed E-state index contributed by atoms with van der Waals surface area (Å²) < 4.78 is 24.7. The molecule has 1 aliphatic rings. The molecule has 1 aliphatic carbocycles. The lowest BCUT2D eigenvalue weighted by Gasteiger charge is -2.22.